The molecule has 4 saturated carbocycles. The monoisotopic (exact) mass is 275 g/mol. The lowest BCUT2D eigenvalue weighted by Crippen LogP contribution is -2.55. The molecule has 4 fully saturated rings. The Kier molecular flexibility index (Phi) is 2.84. The molecule has 4 aliphatic rings. The molecular weight excluding hydrogens is 254 g/mol. The smallest absolute Gasteiger partial charge is 0.242 e. The lowest BCUT2D eigenvalue weighted by Gasteiger charge is -2.55. The molecule has 5 heteroatoms. The molecule has 20 heavy (non-hydrogen) atoms. The number of nitrogens with two attached hydrogens (primary N) is 1. The number of nitrogens with one attached hydrogen (secondary N) is 1. The molecular formula is C15H21N3O2. The van der Waals surface area contributed by atoms with Crippen molar-refractivity contribution >= 4 is 11.7 Å². The van der Waals surface area contributed by atoms with E-state index in [-0.39, 0.29) is 5.91 Å². The fraction of sp³-hybridized carbons (Fsp3) is 0.733. The lowest BCUT2D eigenvalue weighted by molar-refractivity contribution is -0.123. The van der Waals surface area contributed by atoms with Gasteiger partial charge in [0, 0.05) is 6.07 Å². The van der Waals surface area contributed by atoms with Gasteiger partial charge in [-0.3, -0.25) is 4.79 Å². The van der Waals surface area contributed by atoms with Crippen molar-refractivity contribution in [2.45, 2.75) is 38.1 Å². The summed E-state index contributed by atoms with van der Waals surface area (Å²) in [4.78, 5) is 12.3. The molecule has 5 rings (SSSR count). The Morgan fingerprint density at radius 1 is 1.25 bits per heavy atom. The average molecular weight is 275 g/mol. The van der Waals surface area contributed by atoms with E-state index in [4.69, 9.17) is 10.3 Å². The van der Waals surface area contributed by atoms with Gasteiger partial charge >= 0.3 is 0 Å². The summed E-state index contributed by atoms with van der Waals surface area (Å²) in [5.74, 6) is 3.81. The molecule has 1 heterocycles. The van der Waals surface area contributed by atoms with E-state index >= 15 is 0 Å². The zero-order valence-electron chi connectivity index (χ0n) is 11.5. The summed E-state index contributed by atoms with van der Waals surface area (Å²) in [6.45, 7) is 0. The van der Waals surface area contributed by atoms with Gasteiger partial charge in [-0.25, -0.2) is 0 Å². The first kappa shape index (κ1) is 12.4. The quantitative estimate of drug-likeness (QED) is 0.884. The predicted octanol–water partition coefficient (Wildman–Crippen LogP) is 2.01. The molecule has 0 spiro atoms. The Labute approximate surface area is 118 Å². The largest absolute Gasteiger partial charge is 0.363 e. The van der Waals surface area contributed by atoms with Crippen molar-refractivity contribution in [1.82, 2.24) is 5.16 Å². The number of hydrogen-bond acceptors (Lipinski definition) is 4. The van der Waals surface area contributed by atoms with Crippen molar-refractivity contribution in [3.63, 3.8) is 0 Å². The third-order valence-corrected chi connectivity index (χ3v) is 5.71. The second kappa shape index (κ2) is 4.58. The summed E-state index contributed by atoms with van der Waals surface area (Å²) in [6.07, 6.45) is 7.99. The lowest BCUT2D eigenvalue weighted by atomic mass is 9.50. The number of amides is 1. The van der Waals surface area contributed by atoms with Crippen molar-refractivity contribution in [1.29, 1.82) is 0 Å². The highest BCUT2D eigenvalue weighted by molar-refractivity contribution is 5.94. The number of nitrogens with zero attached hydrogens (tertiary/aromatic N) is 1. The first-order valence-electron chi connectivity index (χ1n) is 7.67. The van der Waals surface area contributed by atoms with Gasteiger partial charge in [0.15, 0.2) is 5.82 Å². The normalized spacial score (nSPS) is 39.8. The van der Waals surface area contributed by atoms with Crippen LogP contribution in [-0.2, 0) is 4.79 Å². The summed E-state index contributed by atoms with van der Waals surface area (Å²) in [5.41, 5.74) is 6.29. The van der Waals surface area contributed by atoms with Gasteiger partial charge < -0.3 is 15.6 Å². The van der Waals surface area contributed by atoms with E-state index in [9.17, 15) is 4.79 Å². The highest BCUT2D eigenvalue weighted by Gasteiger charge is 2.51. The van der Waals surface area contributed by atoms with E-state index in [1.54, 1.807) is 6.07 Å². The van der Waals surface area contributed by atoms with Crippen molar-refractivity contribution in [3.05, 3.63) is 12.3 Å². The third-order valence-electron chi connectivity index (χ3n) is 5.71. The van der Waals surface area contributed by atoms with E-state index in [0.29, 0.717) is 23.6 Å². The minimum absolute atomic E-state index is 0.114. The van der Waals surface area contributed by atoms with Crippen LogP contribution in [0.3, 0.4) is 0 Å². The molecule has 1 aromatic heterocycles. The molecule has 1 unspecified atom stereocenters. The van der Waals surface area contributed by atoms with Crippen LogP contribution in [0, 0.1) is 29.6 Å². The van der Waals surface area contributed by atoms with Gasteiger partial charge in [-0.15, -0.1) is 0 Å². The van der Waals surface area contributed by atoms with Gasteiger partial charge in [-0.05, 0) is 61.7 Å². The van der Waals surface area contributed by atoms with Crippen LogP contribution >= 0.6 is 0 Å². The number of carbonyl (C=O) groups is 1. The van der Waals surface area contributed by atoms with E-state index < -0.39 is 6.04 Å². The van der Waals surface area contributed by atoms with Crippen LogP contribution in [0.1, 0.15) is 32.1 Å². The van der Waals surface area contributed by atoms with Crippen molar-refractivity contribution < 1.29 is 9.32 Å². The molecule has 1 aromatic rings. The third kappa shape index (κ3) is 1.95. The second-order valence-electron chi connectivity index (χ2n) is 6.91. The number of carbonyl (C=O) groups excluding carboxylic acids is 1. The van der Waals surface area contributed by atoms with Gasteiger partial charge in [-0.1, -0.05) is 5.16 Å². The zero-order chi connectivity index (χ0) is 13.7. The van der Waals surface area contributed by atoms with Crippen LogP contribution in [0.4, 0.5) is 5.82 Å². The Bertz CT molecular complexity index is 471. The van der Waals surface area contributed by atoms with Gasteiger partial charge in [0.05, 0.1) is 6.04 Å². The highest BCUT2D eigenvalue weighted by Crippen LogP contribution is 2.57. The van der Waals surface area contributed by atoms with Gasteiger partial charge in [0.25, 0.3) is 0 Å². The second-order valence-corrected chi connectivity index (χ2v) is 6.91. The molecule has 5 nitrogen and oxygen atoms in total. The standard InChI is InChI=1S/C15H21N3O2/c16-14(15(19)17-12-1-2-20-18-12)13-10-4-8-3-9(6-10)7-11(13)5-8/h1-2,8-11,13-14H,3-7,16H2,(H,17,18,19). The van der Waals surface area contributed by atoms with Gasteiger partial charge in [0.2, 0.25) is 5.91 Å². The van der Waals surface area contributed by atoms with Gasteiger partial charge in [-0.2, -0.15) is 0 Å². The number of rotatable bonds is 3. The molecule has 0 radical (unpaired) electrons. The molecule has 0 aromatic carbocycles. The summed E-state index contributed by atoms with van der Waals surface area (Å²) in [6, 6.07) is 1.23. The summed E-state index contributed by atoms with van der Waals surface area (Å²) in [7, 11) is 0. The van der Waals surface area contributed by atoms with Crippen LogP contribution in [0.2, 0.25) is 0 Å². The van der Waals surface area contributed by atoms with Gasteiger partial charge in [0.1, 0.15) is 6.26 Å². The van der Waals surface area contributed by atoms with Crippen LogP contribution in [0.15, 0.2) is 16.9 Å². The van der Waals surface area contributed by atoms with E-state index in [0.717, 1.165) is 11.8 Å². The first-order chi connectivity index (χ1) is 9.70. The Morgan fingerprint density at radius 3 is 2.45 bits per heavy atom. The summed E-state index contributed by atoms with van der Waals surface area (Å²) < 4.78 is 4.73. The highest BCUT2D eigenvalue weighted by atomic mass is 16.5. The number of aromatic nitrogens is 1. The van der Waals surface area contributed by atoms with Crippen LogP contribution < -0.4 is 11.1 Å². The Hall–Kier alpha value is -1.36. The van der Waals surface area contributed by atoms with Crippen molar-refractivity contribution in [3.8, 4) is 0 Å². The molecule has 4 aliphatic carbocycles. The maximum Gasteiger partial charge on any atom is 0.242 e. The van der Waals surface area contributed by atoms with Crippen LogP contribution in [0.5, 0.6) is 0 Å². The first-order valence-corrected chi connectivity index (χ1v) is 7.67. The molecule has 1 amide bonds. The zero-order valence-corrected chi connectivity index (χ0v) is 11.5. The maximum absolute atomic E-state index is 12.3. The Morgan fingerprint density at radius 2 is 1.90 bits per heavy atom. The molecule has 1 atom stereocenters. The fourth-order valence-electron chi connectivity index (χ4n) is 5.22. The molecule has 3 N–H and O–H groups in total. The summed E-state index contributed by atoms with van der Waals surface area (Å²) in [5, 5.41) is 6.47. The molecule has 0 aliphatic heterocycles. The molecule has 4 bridgehead atoms. The van der Waals surface area contributed by atoms with Crippen molar-refractivity contribution in [2.24, 2.45) is 35.3 Å². The van der Waals surface area contributed by atoms with Crippen LogP contribution in [-0.4, -0.2) is 17.1 Å². The number of anilines is 1. The maximum atomic E-state index is 12.3. The SMILES string of the molecule is NC(C(=O)Nc1ccon1)C1C2CC3CC(C2)CC1C3. The predicted molar refractivity (Wildman–Crippen MR) is 73.6 cm³/mol. The average Bonchev–Trinajstić information content (AvgIpc) is 2.90. The fourth-order valence-corrected chi connectivity index (χ4v) is 5.22. The van der Waals surface area contributed by atoms with E-state index in [1.165, 1.54) is 38.4 Å². The molecule has 0 saturated heterocycles. The minimum Gasteiger partial charge on any atom is -0.363 e. The molecule has 108 valence electrons. The van der Waals surface area contributed by atoms with Crippen molar-refractivity contribution in [2.75, 3.05) is 5.32 Å². The van der Waals surface area contributed by atoms with Crippen LogP contribution in [0.25, 0.3) is 0 Å². The topological polar surface area (TPSA) is 81.2 Å². The van der Waals surface area contributed by atoms with E-state index in [1.807, 2.05) is 0 Å². The summed E-state index contributed by atoms with van der Waals surface area (Å²) >= 11 is 0. The number of hydrogen-bond donors (Lipinski definition) is 2. The minimum atomic E-state index is -0.415. The Balaban J connectivity index is 1.48. The van der Waals surface area contributed by atoms with E-state index in [2.05, 4.69) is 10.5 Å².